The van der Waals surface area contributed by atoms with E-state index in [0.717, 1.165) is 35.5 Å². The van der Waals surface area contributed by atoms with Crippen LogP contribution < -0.4 is 0 Å². The molecule has 4 nitrogen and oxygen atoms in total. The molecule has 2 aliphatic heterocycles. The van der Waals surface area contributed by atoms with Crippen LogP contribution in [0.5, 0.6) is 0 Å². The lowest BCUT2D eigenvalue weighted by molar-refractivity contribution is -0.503. The average Bonchev–Trinajstić information content (AvgIpc) is 2.73. The normalized spacial score (nSPS) is 77.9. The highest BCUT2D eigenvalue weighted by Gasteiger charge is 2.93. The predicted molar refractivity (Wildman–Crippen MR) is 52.0 cm³/mol. The molecule has 0 amide bonds. The van der Waals surface area contributed by atoms with Crippen molar-refractivity contribution < 1.29 is 9.66 Å². The van der Waals surface area contributed by atoms with Crippen molar-refractivity contribution in [3.63, 3.8) is 0 Å². The first-order chi connectivity index (χ1) is 7.74. The molecule has 5 saturated carbocycles. The van der Waals surface area contributed by atoms with Gasteiger partial charge in [-0.15, -0.1) is 0 Å². The molecule has 0 aromatic heterocycles. The number of nitrogens with zero attached hydrogens (tertiary/aromatic N) is 1. The van der Waals surface area contributed by atoms with Crippen molar-refractivity contribution in [3.8, 4) is 0 Å². The van der Waals surface area contributed by atoms with Gasteiger partial charge >= 0.3 is 0 Å². The molecule has 0 aromatic carbocycles. The molecule has 0 aromatic rings. The third-order valence-corrected chi connectivity index (χ3v) is 7.24. The Morgan fingerprint density at radius 1 is 1.19 bits per heavy atom. The third kappa shape index (κ3) is 0.424. The number of ether oxygens (including phenoxy) is 1. The topological polar surface area (TPSA) is 52.4 Å². The summed E-state index contributed by atoms with van der Waals surface area (Å²) in [6, 6.07) is 0. The smallest absolute Gasteiger partial charge is 0.233 e. The lowest BCUT2D eigenvalue weighted by Crippen LogP contribution is -2.51. The van der Waals surface area contributed by atoms with Gasteiger partial charge in [0.1, 0.15) is 5.60 Å². The Bertz CT molecular complexity index is 455. The van der Waals surface area contributed by atoms with Crippen molar-refractivity contribution >= 4 is 0 Å². The molecule has 4 heteroatoms. The molecule has 0 radical (unpaired) electrons. The van der Waals surface area contributed by atoms with Crippen molar-refractivity contribution in [1.82, 2.24) is 0 Å². The zero-order chi connectivity index (χ0) is 10.4. The lowest BCUT2D eigenvalue weighted by atomic mass is 9.57. The summed E-state index contributed by atoms with van der Waals surface area (Å²) < 4.78 is 6.22. The molecule has 5 aliphatic carbocycles. The van der Waals surface area contributed by atoms with Gasteiger partial charge in [0.2, 0.25) is 6.54 Å². The second-order valence-electron chi connectivity index (χ2n) is 6.95. The molecule has 0 spiro atoms. The SMILES string of the molecule is O=[N+]([O-])C[C@@]12O[C@@H]3[C@@H]4[C@@H]5[C@@H]6C[C@@H]([C@H]5[C@H]41)[C@H]2[C@@H]63. The van der Waals surface area contributed by atoms with Crippen LogP contribution in [0.3, 0.4) is 0 Å². The van der Waals surface area contributed by atoms with E-state index in [2.05, 4.69) is 0 Å². The van der Waals surface area contributed by atoms with Crippen LogP contribution in [0.15, 0.2) is 0 Å². The fourth-order valence-electron chi connectivity index (χ4n) is 7.66. The van der Waals surface area contributed by atoms with E-state index in [1.54, 1.807) is 0 Å². The van der Waals surface area contributed by atoms with Gasteiger partial charge in [0.15, 0.2) is 0 Å². The van der Waals surface area contributed by atoms with Gasteiger partial charge in [-0.25, -0.2) is 0 Å². The van der Waals surface area contributed by atoms with E-state index in [9.17, 15) is 10.1 Å². The zero-order valence-electron chi connectivity index (χ0n) is 8.78. The molecule has 2 heterocycles. The van der Waals surface area contributed by atoms with Gasteiger partial charge in [0.05, 0.1) is 6.10 Å². The van der Waals surface area contributed by atoms with E-state index >= 15 is 0 Å². The Morgan fingerprint density at radius 2 is 2.06 bits per heavy atom. The first kappa shape index (κ1) is 7.64. The molecule has 4 bridgehead atoms. The van der Waals surface area contributed by atoms with Crippen molar-refractivity contribution in [2.45, 2.75) is 18.1 Å². The number of nitro groups is 1. The number of hydrogen-bond donors (Lipinski definition) is 0. The Balaban J connectivity index is 1.62. The van der Waals surface area contributed by atoms with Crippen LogP contribution in [0, 0.1) is 57.5 Å². The Morgan fingerprint density at radius 3 is 2.88 bits per heavy atom. The van der Waals surface area contributed by atoms with Crippen molar-refractivity contribution in [2.24, 2.45) is 47.3 Å². The number of rotatable bonds is 2. The van der Waals surface area contributed by atoms with Crippen molar-refractivity contribution in [1.29, 1.82) is 0 Å². The van der Waals surface area contributed by atoms with Gasteiger partial charge in [-0.3, -0.25) is 10.1 Å². The molecule has 7 fully saturated rings. The van der Waals surface area contributed by atoms with Crippen molar-refractivity contribution in [3.05, 3.63) is 10.1 Å². The summed E-state index contributed by atoms with van der Waals surface area (Å²) in [6.45, 7) is 0.0955. The average molecular weight is 219 g/mol. The molecule has 10 atom stereocenters. The maximum atomic E-state index is 10.9. The van der Waals surface area contributed by atoms with Crippen LogP contribution in [0.4, 0.5) is 0 Å². The molecule has 84 valence electrons. The summed E-state index contributed by atoms with van der Waals surface area (Å²) >= 11 is 0. The molecule has 7 aliphatic rings. The maximum absolute atomic E-state index is 10.9. The minimum absolute atomic E-state index is 0.0955. The lowest BCUT2D eigenvalue weighted by Gasteiger charge is -2.44. The fourth-order valence-corrected chi connectivity index (χ4v) is 7.66. The summed E-state index contributed by atoms with van der Waals surface area (Å²) in [4.78, 5) is 10.8. The molecule has 7 rings (SSSR count). The zero-order valence-corrected chi connectivity index (χ0v) is 8.78. The first-order valence-electron chi connectivity index (χ1n) is 6.54. The molecule has 0 unspecified atom stereocenters. The van der Waals surface area contributed by atoms with Crippen molar-refractivity contribution in [2.75, 3.05) is 6.54 Å². The highest BCUT2D eigenvalue weighted by atomic mass is 16.6. The quantitative estimate of drug-likeness (QED) is 0.509. The standard InChI is InChI=1S/C12H13NO3/c14-13(15)2-12-9-4-1-3-5-6(4)10(12)8(5)11(16-12)7(3)9/h3-11H,1-2H2/t3-,4-,5+,6+,7+,8+,9-,10+,11-,12-/m0/s1. The molecule has 2 saturated heterocycles. The van der Waals surface area contributed by atoms with Gasteiger partial charge in [-0.2, -0.15) is 0 Å². The highest BCUT2D eigenvalue weighted by Crippen LogP contribution is 2.90. The summed E-state index contributed by atoms with van der Waals surface area (Å²) in [5.74, 6) is 6.13. The fraction of sp³-hybridized carbons (Fsp3) is 1.00. The van der Waals surface area contributed by atoms with Gasteiger partial charge in [0, 0.05) is 16.8 Å². The van der Waals surface area contributed by atoms with Crippen LogP contribution in [0.25, 0.3) is 0 Å². The van der Waals surface area contributed by atoms with Gasteiger partial charge in [-0.1, -0.05) is 0 Å². The maximum Gasteiger partial charge on any atom is 0.233 e. The van der Waals surface area contributed by atoms with Crippen LogP contribution in [-0.4, -0.2) is 23.2 Å². The van der Waals surface area contributed by atoms with E-state index < -0.39 is 0 Å². The van der Waals surface area contributed by atoms with Gasteiger partial charge < -0.3 is 4.74 Å². The van der Waals surface area contributed by atoms with Crippen LogP contribution in [-0.2, 0) is 4.74 Å². The summed E-state index contributed by atoms with van der Waals surface area (Å²) in [5.41, 5.74) is -0.291. The van der Waals surface area contributed by atoms with E-state index in [1.165, 1.54) is 6.42 Å². The summed E-state index contributed by atoms with van der Waals surface area (Å²) in [5, 5.41) is 10.9. The highest BCUT2D eigenvalue weighted by molar-refractivity contribution is 5.39. The van der Waals surface area contributed by atoms with Gasteiger partial charge in [0.25, 0.3) is 0 Å². The monoisotopic (exact) mass is 219 g/mol. The van der Waals surface area contributed by atoms with Crippen LogP contribution >= 0.6 is 0 Å². The largest absolute Gasteiger partial charge is 0.364 e. The summed E-state index contributed by atoms with van der Waals surface area (Å²) in [6.07, 6.45) is 1.82. The van der Waals surface area contributed by atoms with Gasteiger partial charge in [-0.05, 0) is 41.9 Å². The molecular formula is C12H13NO3. The molecular weight excluding hydrogens is 206 g/mol. The third-order valence-electron chi connectivity index (χ3n) is 7.24. The molecule has 0 N–H and O–H groups in total. The summed E-state index contributed by atoms with van der Waals surface area (Å²) in [7, 11) is 0. The van der Waals surface area contributed by atoms with E-state index in [4.69, 9.17) is 4.74 Å². The Kier molecular flexibility index (Phi) is 0.832. The number of hydrogen-bond acceptors (Lipinski definition) is 3. The minimum Gasteiger partial charge on any atom is -0.364 e. The van der Waals surface area contributed by atoms with Crippen LogP contribution in [0.2, 0.25) is 0 Å². The Labute approximate surface area is 92.5 Å². The minimum atomic E-state index is -0.291. The van der Waals surface area contributed by atoms with E-state index in [1.807, 2.05) is 0 Å². The molecule has 16 heavy (non-hydrogen) atoms. The Hall–Kier alpha value is -0.640. The first-order valence-corrected chi connectivity index (χ1v) is 6.54. The second-order valence-corrected chi connectivity index (χ2v) is 6.95. The second kappa shape index (κ2) is 1.74. The van der Waals surface area contributed by atoms with Crippen LogP contribution in [0.1, 0.15) is 6.42 Å². The van der Waals surface area contributed by atoms with E-state index in [-0.39, 0.29) is 17.1 Å². The predicted octanol–water partition coefficient (Wildman–Crippen LogP) is 0.788. The van der Waals surface area contributed by atoms with E-state index in [0.29, 0.717) is 17.9 Å².